The highest BCUT2D eigenvalue weighted by Gasteiger charge is 2.40. The molecule has 0 aliphatic carbocycles. The SMILES string of the molecule is C[C@]1(c2ccc(C#N)cc2)CO1. The molecule has 0 aromatic heterocycles. The Labute approximate surface area is 71.4 Å². The zero-order valence-corrected chi connectivity index (χ0v) is 6.87. The largest absolute Gasteiger partial charge is 0.365 e. The van der Waals surface area contributed by atoms with Crippen LogP contribution in [-0.4, -0.2) is 6.61 Å². The third-order valence-corrected chi connectivity index (χ3v) is 2.20. The average molecular weight is 159 g/mol. The van der Waals surface area contributed by atoms with Gasteiger partial charge in [-0.2, -0.15) is 5.26 Å². The van der Waals surface area contributed by atoms with Crippen LogP contribution in [0.2, 0.25) is 0 Å². The van der Waals surface area contributed by atoms with Gasteiger partial charge in [0.25, 0.3) is 0 Å². The summed E-state index contributed by atoms with van der Waals surface area (Å²) in [5, 5.41) is 8.57. The Morgan fingerprint density at radius 3 is 2.42 bits per heavy atom. The zero-order valence-electron chi connectivity index (χ0n) is 6.87. The molecule has 0 radical (unpaired) electrons. The van der Waals surface area contributed by atoms with E-state index >= 15 is 0 Å². The Kier molecular flexibility index (Phi) is 1.42. The fourth-order valence-electron chi connectivity index (χ4n) is 1.17. The summed E-state index contributed by atoms with van der Waals surface area (Å²) in [5.74, 6) is 0. The fraction of sp³-hybridized carbons (Fsp3) is 0.300. The van der Waals surface area contributed by atoms with Crippen molar-refractivity contribution in [1.82, 2.24) is 0 Å². The van der Waals surface area contributed by atoms with Crippen molar-refractivity contribution in [2.24, 2.45) is 0 Å². The molecule has 2 rings (SSSR count). The highest BCUT2D eigenvalue weighted by Crippen LogP contribution is 2.37. The van der Waals surface area contributed by atoms with E-state index in [1.54, 1.807) is 0 Å². The van der Waals surface area contributed by atoms with Gasteiger partial charge < -0.3 is 4.74 Å². The molecule has 1 aromatic rings. The molecule has 0 amide bonds. The van der Waals surface area contributed by atoms with Crippen LogP contribution < -0.4 is 0 Å². The molecule has 12 heavy (non-hydrogen) atoms. The molecular formula is C10H9NO. The van der Waals surface area contributed by atoms with E-state index in [2.05, 4.69) is 6.07 Å². The van der Waals surface area contributed by atoms with Crippen molar-refractivity contribution in [2.45, 2.75) is 12.5 Å². The molecule has 1 heterocycles. The van der Waals surface area contributed by atoms with Crippen LogP contribution in [-0.2, 0) is 10.3 Å². The lowest BCUT2D eigenvalue weighted by atomic mass is 10.0. The fourth-order valence-corrected chi connectivity index (χ4v) is 1.17. The molecule has 0 bridgehead atoms. The lowest BCUT2D eigenvalue weighted by Gasteiger charge is -2.03. The third kappa shape index (κ3) is 1.09. The van der Waals surface area contributed by atoms with E-state index in [-0.39, 0.29) is 5.60 Å². The van der Waals surface area contributed by atoms with Crippen LogP contribution in [0, 0.1) is 11.3 Å². The van der Waals surface area contributed by atoms with E-state index in [4.69, 9.17) is 10.00 Å². The second kappa shape index (κ2) is 2.33. The van der Waals surface area contributed by atoms with Gasteiger partial charge in [0, 0.05) is 0 Å². The highest BCUT2D eigenvalue weighted by atomic mass is 16.6. The van der Waals surface area contributed by atoms with Gasteiger partial charge in [-0.05, 0) is 24.6 Å². The summed E-state index contributed by atoms with van der Waals surface area (Å²) in [6.45, 7) is 2.84. The van der Waals surface area contributed by atoms with E-state index in [9.17, 15) is 0 Å². The number of hydrogen-bond acceptors (Lipinski definition) is 2. The average Bonchev–Trinajstić information content (AvgIpc) is 2.85. The summed E-state index contributed by atoms with van der Waals surface area (Å²) in [6, 6.07) is 9.63. The Morgan fingerprint density at radius 1 is 1.42 bits per heavy atom. The molecule has 1 atom stereocenters. The van der Waals surface area contributed by atoms with Gasteiger partial charge in [-0.15, -0.1) is 0 Å². The Bertz CT molecular complexity index is 330. The maximum Gasteiger partial charge on any atom is 0.114 e. The normalized spacial score (nSPS) is 26.3. The maximum absolute atomic E-state index is 8.57. The van der Waals surface area contributed by atoms with E-state index in [1.165, 1.54) is 0 Å². The lowest BCUT2D eigenvalue weighted by Crippen LogP contribution is -2.00. The molecule has 1 aliphatic rings. The van der Waals surface area contributed by atoms with Crippen LogP contribution in [0.15, 0.2) is 24.3 Å². The van der Waals surface area contributed by atoms with Crippen LogP contribution >= 0.6 is 0 Å². The number of nitriles is 1. The van der Waals surface area contributed by atoms with Crippen LogP contribution in [0.1, 0.15) is 18.1 Å². The van der Waals surface area contributed by atoms with Crippen molar-refractivity contribution >= 4 is 0 Å². The molecule has 2 nitrogen and oxygen atoms in total. The van der Waals surface area contributed by atoms with Crippen LogP contribution in [0.25, 0.3) is 0 Å². The van der Waals surface area contributed by atoms with Crippen molar-refractivity contribution in [3.63, 3.8) is 0 Å². The molecule has 1 fully saturated rings. The smallest absolute Gasteiger partial charge is 0.114 e. The van der Waals surface area contributed by atoms with Crippen molar-refractivity contribution in [3.05, 3.63) is 35.4 Å². The Hall–Kier alpha value is -1.33. The monoisotopic (exact) mass is 159 g/mol. The van der Waals surface area contributed by atoms with Crippen molar-refractivity contribution in [3.8, 4) is 6.07 Å². The first-order valence-electron chi connectivity index (χ1n) is 3.89. The van der Waals surface area contributed by atoms with Gasteiger partial charge in [-0.1, -0.05) is 12.1 Å². The predicted octanol–water partition coefficient (Wildman–Crippen LogP) is 1.80. The molecular weight excluding hydrogens is 150 g/mol. The second-order valence-electron chi connectivity index (χ2n) is 3.21. The lowest BCUT2D eigenvalue weighted by molar-refractivity contribution is 0.329. The molecule has 0 N–H and O–H groups in total. The number of epoxide rings is 1. The van der Waals surface area contributed by atoms with Gasteiger partial charge in [-0.3, -0.25) is 0 Å². The van der Waals surface area contributed by atoms with Crippen LogP contribution in [0.4, 0.5) is 0 Å². The molecule has 1 aliphatic heterocycles. The van der Waals surface area contributed by atoms with Crippen LogP contribution in [0.5, 0.6) is 0 Å². The summed E-state index contributed by atoms with van der Waals surface area (Å²) in [5.41, 5.74) is 1.78. The molecule has 1 saturated heterocycles. The van der Waals surface area contributed by atoms with Gasteiger partial charge >= 0.3 is 0 Å². The minimum Gasteiger partial charge on any atom is -0.365 e. The predicted molar refractivity (Wildman–Crippen MR) is 44.5 cm³/mol. The topological polar surface area (TPSA) is 36.3 Å². The standard InChI is InChI=1S/C10H9NO/c1-10(7-12-10)9-4-2-8(6-11)3-5-9/h2-5H,7H2,1H3/t10-/m1/s1. The molecule has 1 aromatic carbocycles. The summed E-state index contributed by atoms with van der Waals surface area (Å²) < 4.78 is 5.27. The summed E-state index contributed by atoms with van der Waals surface area (Å²) >= 11 is 0. The van der Waals surface area contributed by atoms with Gasteiger partial charge in [0.15, 0.2) is 0 Å². The second-order valence-corrected chi connectivity index (χ2v) is 3.21. The van der Waals surface area contributed by atoms with Crippen molar-refractivity contribution in [1.29, 1.82) is 5.26 Å². The quantitative estimate of drug-likeness (QED) is 0.586. The number of ether oxygens (including phenoxy) is 1. The van der Waals surface area contributed by atoms with E-state index in [1.807, 2.05) is 31.2 Å². The van der Waals surface area contributed by atoms with Crippen LogP contribution in [0.3, 0.4) is 0 Å². The summed E-state index contributed by atoms with van der Waals surface area (Å²) in [7, 11) is 0. The number of nitrogens with zero attached hydrogens (tertiary/aromatic N) is 1. The molecule has 0 unspecified atom stereocenters. The molecule has 2 heteroatoms. The first-order chi connectivity index (χ1) is 5.74. The first kappa shape index (κ1) is 7.33. The van der Waals surface area contributed by atoms with E-state index in [0.29, 0.717) is 5.56 Å². The van der Waals surface area contributed by atoms with E-state index < -0.39 is 0 Å². The number of rotatable bonds is 1. The molecule has 0 spiro atoms. The molecule has 0 saturated carbocycles. The number of hydrogen-bond donors (Lipinski definition) is 0. The maximum atomic E-state index is 8.57. The summed E-state index contributed by atoms with van der Waals surface area (Å²) in [4.78, 5) is 0. The van der Waals surface area contributed by atoms with Gasteiger partial charge in [0.2, 0.25) is 0 Å². The third-order valence-electron chi connectivity index (χ3n) is 2.20. The van der Waals surface area contributed by atoms with Gasteiger partial charge in [0.1, 0.15) is 5.60 Å². The minimum atomic E-state index is -0.0754. The molecule has 60 valence electrons. The summed E-state index contributed by atoms with van der Waals surface area (Å²) in [6.07, 6.45) is 0. The Balaban J connectivity index is 2.32. The minimum absolute atomic E-state index is 0.0754. The zero-order chi connectivity index (χ0) is 8.60. The Morgan fingerprint density at radius 2 is 2.00 bits per heavy atom. The van der Waals surface area contributed by atoms with Crippen molar-refractivity contribution in [2.75, 3.05) is 6.61 Å². The van der Waals surface area contributed by atoms with Gasteiger partial charge in [-0.25, -0.2) is 0 Å². The number of benzene rings is 1. The highest BCUT2D eigenvalue weighted by molar-refractivity contribution is 5.35. The van der Waals surface area contributed by atoms with Gasteiger partial charge in [0.05, 0.1) is 18.2 Å². The van der Waals surface area contributed by atoms with Crippen molar-refractivity contribution < 1.29 is 4.74 Å². The van der Waals surface area contributed by atoms with E-state index in [0.717, 1.165) is 12.2 Å². The first-order valence-corrected chi connectivity index (χ1v) is 3.89.